The average molecular weight is 127 g/mol. The molecule has 1 rings (SSSR count). The first-order valence-electron chi connectivity index (χ1n) is 2.75. The topological polar surface area (TPSA) is 66.5 Å². The number of H-pyrrole nitrogens is 1. The lowest BCUT2D eigenvalue weighted by molar-refractivity contribution is 0.611. The van der Waals surface area contributed by atoms with Gasteiger partial charge in [-0.05, 0) is 14.0 Å². The molecule has 0 spiro atoms. The third-order valence-electron chi connectivity index (χ3n) is 1.18. The van der Waals surface area contributed by atoms with Gasteiger partial charge in [-0.1, -0.05) is 5.21 Å². The molecule has 0 unspecified atom stereocenters. The van der Waals surface area contributed by atoms with E-state index in [4.69, 9.17) is 0 Å². The van der Waals surface area contributed by atoms with Crippen LogP contribution in [0.1, 0.15) is 18.8 Å². The van der Waals surface area contributed by atoms with Crippen LogP contribution in [0.2, 0.25) is 0 Å². The molecule has 1 atom stereocenters. The number of rotatable bonds is 2. The van der Waals surface area contributed by atoms with E-state index in [1.54, 1.807) is 0 Å². The van der Waals surface area contributed by atoms with E-state index in [1.807, 2.05) is 14.0 Å². The van der Waals surface area contributed by atoms with Crippen molar-refractivity contribution >= 4 is 0 Å². The van der Waals surface area contributed by atoms with Crippen LogP contribution in [0.5, 0.6) is 0 Å². The zero-order valence-electron chi connectivity index (χ0n) is 5.42. The third kappa shape index (κ3) is 1.23. The van der Waals surface area contributed by atoms with Crippen molar-refractivity contribution in [3.63, 3.8) is 0 Å². The number of tetrazole rings is 1. The predicted octanol–water partition coefficient (Wildman–Crippen LogP) is -0.520. The van der Waals surface area contributed by atoms with E-state index in [0.717, 1.165) is 0 Å². The highest BCUT2D eigenvalue weighted by Crippen LogP contribution is 1.99. The standard InChI is InChI=1S/C4H9N5/c1-3(5-2)4-6-8-9-7-4/h3,5H,1-2H3,(H,6,7,8,9)/t3-/m1/s1. The summed E-state index contributed by atoms with van der Waals surface area (Å²) in [6.07, 6.45) is 0. The second-order valence-corrected chi connectivity index (χ2v) is 1.78. The predicted molar refractivity (Wildman–Crippen MR) is 31.7 cm³/mol. The van der Waals surface area contributed by atoms with Crippen molar-refractivity contribution < 1.29 is 0 Å². The summed E-state index contributed by atoms with van der Waals surface area (Å²) in [6, 6.07) is 0.170. The molecule has 0 aliphatic heterocycles. The quantitative estimate of drug-likeness (QED) is 0.561. The van der Waals surface area contributed by atoms with Gasteiger partial charge in [0, 0.05) is 0 Å². The molecule has 50 valence electrons. The first kappa shape index (κ1) is 6.15. The Morgan fingerprint density at radius 2 is 2.44 bits per heavy atom. The van der Waals surface area contributed by atoms with Gasteiger partial charge in [-0.2, -0.15) is 5.21 Å². The molecule has 1 aromatic rings. The maximum Gasteiger partial charge on any atom is 0.191 e. The molecule has 9 heavy (non-hydrogen) atoms. The zero-order chi connectivity index (χ0) is 6.69. The minimum Gasteiger partial charge on any atom is -0.310 e. The van der Waals surface area contributed by atoms with Gasteiger partial charge >= 0.3 is 0 Å². The van der Waals surface area contributed by atoms with Crippen LogP contribution in [-0.4, -0.2) is 27.7 Å². The normalized spacial score (nSPS) is 13.6. The van der Waals surface area contributed by atoms with Gasteiger partial charge in [-0.15, -0.1) is 10.2 Å². The van der Waals surface area contributed by atoms with Gasteiger partial charge in [0.2, 0.25) is 0 Å². The Morgan fingerprint density at radius 3 is 2.89 bits per heavy atom. The van der Waals surface area contributed by atoms with Crippen LogP contribution in [0, 0.1) is 0 Å². The van der Waals surface area contributed by atoms with Crippen molar-refractivity contribution in [2.75, 3.05) is 7.05 Å². The number of nitrogens with one attached hydrogen (secondary N) is 2. The smallest absolute Gasteiger partial charge is 0.191 e. The summed E-state index contributed by atoms with van der Waals surface area (Å²) >= 11 is 0. The highest BCUT2D eigenvalue weighted by atomic mass is 15.5. The van der Waals surface area contributed by atoms with E-state index >= 15 is 0 Å². The van der Waals surface area contributed by atoms with Crippen LogP contribution in [0.25, 0.3) is 0 Å². The van der Waals surface area contributed by atoms with Crippen LogP contribution in [0.4, 0.5) is 0 Å². The third-order valence-corrected chi connectivity index (χ3v) is 1.18. The lowest BCUT2D eigenvalue weighted by Gasteiger charge is -2.00. The largest absolute Gasteiger partial charge is 0.310 e. The van der Waals surface area contributed by atoms with E-state index in [2.05, 4.69) is 25.9 Å². The van der Waals surface area contributed by atoms with Gasteiger partial charge in [0.25, 0.3) is 0 Å². The molecule has 5 nitrogen and oxygen atoms in total. The Hall–Kier alpha value is -0.970. The van der Waals surface area contributed by atoms with Gasteiger partial charge in [0.1, 0.15) is 0 Å². The summed E-state index contributed by atoms with van der Waals surface area (Å²) in [5.74, 6) is 0.692. The van der Waals surface area contributed by atoms with E-state index in [9.17, 15) is 0 Å². The summed E-state index contributed by atoms with van der Waals surface area (Å²) in [7, 11) is 1.85. The Bertz CT molecular complexity index is 157. The van der Waals surface area contributed by atoms with Crippen LogP contribution >= 0.6 is 0 Å². The molecule has 0 fully saturated rings. The fraction of sp³-hybridized carbons (Fsp3) is 0.750. The number of nitrogens with zero attached hydrogens (tertiary/aromatic N) is 3. The summed E-state index contributed by atoms with van der Waals surface area (Å²) < 4.78 is 0. The van der Waals surface area contributed by atoms with E-state index in [0.29, 0.717) is 5.82 Å². The molecule has 0 aliphatic rings. The number of aromatic nitrogens is 4. The zero-order valence-corrected chi connectivity index (χ0v) is 5.42. The Labute approximate surface area is 52.8 Å². The van der Waals surface area contributed by atoms with Crippen LogP contribution in [0.15, 0.2) is 0 Å². The van der Waals surface area contributed by atoms with Crippen LogP contribution < -0.4 is 5.32 Å². The molecule has 0 saturated carbocycles. The maximum atomic E-state index is 3.78. The maximum absolute atomic E-state index is 3.78. The SMILES string of the molecule is CN[C@H](C)c1nn[nH]n1. The monoisotopic (exact) mass is 127 g/mol. The minimum absolute atomic E-state index is 0.170. The van der Waals surface area contributed by atoms with E-state index in [-0.39, 0.29) is 6.04 Å². The van der Waals surface area contributed by atoms with Gasteiger partial charge < -0.3 is 5.32 Å². The van der Waals surface area contributed by atoms with Gasteiger partial charge in [-0.25, -0.2) is 0 Å². The van der Waals surface area contributed by atoms with Crippen LogP contribution in [0.3, 0.4) is 0 Å². The molecule has 0 amide bonds. The molecular weight excluding hydrogens is 118 g/mol. The van der Waals surface area contributed by atoms with Crippen LogP contribution in [-0.2, 0) is 0 Å². The van der Waals surface area contributed by atoms with Crippen molar-refractivity contribution in [1.29, 1.82) is 0 Å². The first-order chi connectivity index (χ1) is 4.34. The van der Waals surface area contributed by atoms with E-state index < -0.39 is 0 Å². The lowest BCUT2D eigenvalue weighted by atomic mass is 10.3. The first-order valence-corrected chi connectivity index (χ1v) is 2.75. The fourth-order valence-corrected chi connectivity index (χ4v) is 0.482. The number of hydrogen-bond acceptors (Lipinski definition) is 4. The van der Waals surface area contributed by atoms with Gasteiger partial charge in [-0.3, -0.25) is 0 Å². The van der Waals surface area contributed by atoms with Gasteiger partial charge in [0.05, 0.1) is 6.04 Å². The number of hydrogen-bond donors (Lipinski definition) is 2. The Morgan fingerprint density at radius 1 is 1.67 bits per heavy atom. The Kier molecular flexibility index (Phi) is 1.74. The van der Waals surface area contributed by atoms with Crippen molar-refractivity contribution in [2.24, 2.45) is 0 Å². The molecule has 1 heterocycles. The molecular formula is C4H9N5. The van der Waals surface area contributed by atoms with Crippen molar-refractivity contribution in [1.82, 2.24) is 25.9 Å². The molecule has 5 heteroatoms. The average Bonchev–Trinajstić information content (AvgIpc) is 2.37. The fourth-order valence-electron chi connectivity index (χ4n) is 0.482. The minimum atomic E-state index is 0.170. The van der Waals surface area contributed by atoms with E-state index in [1.165, 1.54) is 0 Å². The molecule has 0 aromatic carbocycles. The summed E-state index contributed by atoms with van der Waals surface area (Å²) in [5, 5.41) is 16.3. The second-order valence-electron chi connectivity index (χ2n) is 1.78. The molecule has 0 bridgehead atoms. The lowest BCUT2D eigenvalue weighted by Crippen LogP contribution is -2.13. The van der Waals surface area contributed by atoms with Crippen molar-refractivity contribution in [2.45, 2.75) is 13.0 Å². The molecule has 0 radical (unpaired) electrons. The second kappa shape index (κ2) is 2.54. The summed E-state index contributed by atoms with van der Waals surface area (Å²) in [4.78, 5) is 0. The number of aromatic amines is 1. The Balaban J connectivity index is 2.65. The summed E-state index contributed by atoms with van der Waals surface area (Å²) in [5.41, 5.74) is 0. The van der Waals surface area contributed by atoms with Gasteiger partial charge in [0.15, 0.2) is 5.82 Å². The highest BCUT2D eigenvalue weighted by molar-refractivity contribution is 4.84. The molecule has 1 aromatic heterocycles. The molecule has 0 saturated heterocycles. The van der Waals surface area contributed by atoms with Crippen molar-refractivity contribution in [3.8, 4) is 0 Å². The molecule has 0 aliphatic carbocycles. The highest BCUT2D eigenvalue weighted by Gasteiger charge is 2.04. The summed E-state index contributed by atoms with van der Waals surface area (Å²) in [6.45, 7) is 1.96. The molecule has 2 N–H and O–H groups in total. The van der Waals surface area contributed by atoms with Crippen molar-refractivity contribution in [3.05, 3.63) is 5.82 Å².